The van der Waals surface area contributed by atoms with Crippen LogP contribution >= 0.6 is 0 Å². The lowest BCUT2D eigenvalue weighted by Crippen LogP contribution is -2.19. The van der Waals surface area contributed by atoms with Crippen molar-refractivity contribution < 1.29 is 9.13 Å². The van der Waals surface area contributed by atoms with Crippen molar-refractivity contribution in [3.63, 3.8) is 0 Å². The standard InChI is InChI=1S/C17H20FNO/c1-4-20-14-10-8-13(9-11-14)17(19-3)15-7-5-6-12(2)16(15)18/h5-11,17,19H,4H2,1-3H3. The van der Waals surface area contributed by atoms with Gasteiger partial charge in [0.2, 0.25) is 0 Å². The molecule has 106 valence electrons. The van der Waals surface area contributed by atoms with Gasteiger partial charge in [-0.25, -0.2) is 4.39 Å². The highest BCUT2D eigenvalue weighted by molar-refractivity contribution is 5.37. The van der Waals surface area contributed by atoms with Crippen LogP contribution in [-0.4, -0.2) is 13.7 Å². The lowest BCUT2D eigenvalue weighted by Gasteiger charge is -2.19. The molecule has 2 aromatic carbocycles. The van der Waals surface area contributed by atoms with E-state index in [0.29, 0.717) is 17.7 Å². The Morgan fingerprint density at radius 3 is 2.45 bits per heavy atom. The Hall–Kier alpha value is -1.87. The molecule has 3 heteroatoms. The second-order valence-corrected chi connectivity index (χ2v) is 4.70. The summed E-state index contributed by atoms with van der Waals surface area (Å²) in [5.74, 6) is 0.677. The van der Waals surface area contributed by atoms with Crippen LogP contribution in [0.2, 0.25) is 0 Å². The normalized spacial score (nSPS) is 12.2. The highest BCUT2D eigenvalue weighted by Crippen LogP contribution is 2.27. The Bertz CT molecular complexity index is 566. The van der Waals surface area contributed by atoms with Gasteiger partial charge >= 0.3 is 0 Å². The van der Waals surface area contributed by atoms with Crippen LogP contribution in [0.4, 0.5) is 4.39 Å². The molecular weight excluding hydrogens is 253 g/mol. The van der Waals surface area contributed by atoms with E-state index < -0.39 is 0 Å². The minimum absolute atomic E-state index is 0.152. The third-order valence-electron chi connectivity index (χ3n) is 3.35. The molecule has 0 spiro atoms. The van der Waals surface area contributed by atoms with Crippen molar-refractivity contribution in [2.75, 3.05) is 13.7 Å². The van der Waals surface area contributed by atoms with E-state index in [-0.39, 0.29) is 11.9 Å². The number of aryl methyl sites for hydroxylation is 1. The van der Waals surface area contributed by atoms with Crippen molar-refractivity contribution in [1.82, 2.24) is 5.32 Å². The van der Waals surface area contributed by atoms with Gasteiger partial charge < -0.3 is 10.1 Å². The number of nitrogens with one attached hydrogen (secondary N) is 1. The number of hydrogen-bond acceptors (Lipinski definition) is 2. The minimum Gasteiger partial charge on any atom is -0.494 e. The number of hydrogen-bond donors (Lipinski definition) is 1. The van der Waals surface area contributed by atoms with Gasteiger partial charge in [0.15, 0.2) is 0 Å². The van der Waals surface area contributed by atoms with Crippen LogP contribution in [0.1, 0.15) is 29.7 Å². The molecule has 1 N–H and O–H groups in total. The molecule has 0 saturated heterocycles. The van der Waals surface area contributed by atoms with E-state index in [9.17, 15) is 4.39 Å². The first-order chi connectivity index (χ1) is 9.67. The Balaban J connectivity index is 2.34. The fourth-order valence-corrected chi connectivity index (χ4v) is 2.32. The summed E-state index contributed by atoms with van der Waals surface area (Å²) in [5.41, 5.74) is 2.34. The van der Waals surface area contributed by atoms with Crippen molar-refractivity contribution in [2.45, 2.75) is 19.9 Å². The van der Waals surface area contributed by atoms with Crippen LogP contribution in [0, 0.1) is 12.7 Å². The van der Waals surface area contributed by atoms with E-state index in [1.54, 1.807) is 13.0 Å². The lowest BCUT2D eigenvalue weighted by atomic mass is 9.97. The van der Waals surface area contributed by atoms with Gasteiger partial charge in [0.05, 0.1) is 12.6 Å². The molecule has 0 aliphatic carbocycles. The largest absolute Gasteiger partial charge is 0.494 e. The van der Waals surface area contributed by atoms with Crippen LogP contribution in [0.5, 0.6) is 5.75 Å². The van der Waals surface area contributed by atoms with Gasteiger partial charge in [-0.2, -0.15) is 0 Å². The Labute approximate surface area is 119 Å². The van der Waals surface area contributed by atoms with E-state index >= 15 is 0 Å². The third kappa shape index (κ3) is 2.99. The number of ether oxygens (including phenoxy) is 1. The third-order valence-corrected chi connectivity index (χ3v) is 3.35. The second kappa shape index (κ2) is 6.53. The quantitative estimate of drug-likeness (QED) is 0.893. The minimum atomic E-state index is -0.162. The first kappa shape index (κ1) is 14.5. The van der Waals surface area contributed by atoms with Crippen molar-refractivity contribution >= 4 is 0 Å². The van der Waals surface area contributed by atoms with Crippen LogP contribution in [0.15, 0.2) is 42.5 Å². The van der Waals surface area contributed by atoms with Crippen LogP contribution in [-0.2, 0) is 0 Å². The van der Waals surface area contributed by atoms with E-state index in [2.05, 4.69) is 5.32 Å². The zero-order valence-electron chi connectivity index (χ0n) is 12.1. The van der Waals surface area contributed by atoms with Crippen LogP contribution in [0.25, 0.3) is 0 Å². The predicted molar refractivity (Wildman–Crippen MR) is 79.7 cm³/mol. The first-order valence-electron chi connectivity index (χ1n) is 6.82. The van der Waals surface area contributed by atoms with Crippen molar-refractivity contribution in [1.29, 1.82) is 0 Å². The van der Waals surface area contributed by atoms with Crippen molar-refractivity contribution in [2.24, 2.45) is 0 Å². The smallest absolute Gasteiger partial charge is 0.131 e. The maximum Gasteiger partial charge on any atom is 0.131 e. The average molecular weight is 273 g/mol. The second-order valence-electron chi connectivity index (χ2n) is 4.70. The number of rotatable bonds is 5. The van der Waals surface area contributed by atoms with E-state index in [1.807, 2.05) is 50.4 Å². The molecule has 2 rings (SSSR count). The van der Waals surface area contributed by atoms with Gasteiger partial charge in [0.25, 0.3) is 0 Å². The summed E-state index contributed by atoms with van der Waals surface area (Å²) in [5, 5.41) is 3.17. The monoisotopic (exact) mass is 273 g/mol. The molecule has 0 fully saturated rings. The maximum absolute atomic E-state index is 14.3. The first-order valence-corrected chi connectivity index (χ1v) is 6.82. The lowest BCUT2D eigenvalue weighted by molar-refractivity contribution is 0.340. The topological polar surface area (TPSA) is 21.3 Å². The molecule has 0 aliphatic rings. The molecule has 2 nitrogen and oxygen atoms in total. The fourth-order valence-electron chi connectivity index (χ4n) is 2.32. The van der Waals surface area contributed by atoms with E-state index in [1.165, 1.54) is 0 Å². The van der Waals surface area contributed by atoms with Gasteiger partial charge in [0, 0.05) is 5.56 Å². The molecule has 0 amide bonds. The summed E-state index contributed by atoms with van der Waals surface area (Å²) in [6, 6.07) is 13.1. The molecule has 0 radical (unpaired) electrons. The molecular formula is C17H20FNO. The Kier molecular flexibility index (Phi) is 4.74. The highest BCUT2D eigenvalue weighted by atomic mass is 19.1. The molecule has 0 aromatic heterocycles. The summed E-state index contributed by atoms with van der Waals surface area (Å²) < 4.78 is 19.7. The molecule has 2 aromatic rings. The van der Waals surface area contributed by atoms with Gasteiger partial charge in [0.1, 0.15) is 11.6 Å². The maximum atomic E-state index is 14.3. The van der Waals surface area contributed by atoms with E-state index in [4.69, 9.17) is 4.74 Å². The van der Waals surface area contributed by atoms with Gasteiger partial charge in [-0.1, -0.05) is 30.3 Å². The zero-order chi connectivity index (χ0) is 14.5. The molecule has 0 bridgehead atoms. The summed E-state index contributed by atoms with van der Waals surface area (Å²) in [6.07, 6.45) is 0. The SMILES string of the molecule is CCOc1ccc(C(NC)c2cccc(C)c2F)cc1. The Morgan fingerprint density at radius 2 is 1.85 bits per heavy atom. The summed E-state index contributed by atoms with van der Waals surface area (Å²) >= 11 is 0. The number of benzene rings is 2. The van der Waals surface area contributed by atoms with Gasteiger partial charge in [-0.05, 0) is 44.2 Å². The zero-order valence-corrected chi connectivity index (χ0v) is 12.1. The molecule has 0 heterocycles. The average Bonchev–Trinajstić information content (AvgIpc) is 2.46. The van der Waals surface area contributed by atoms with Crippen molar-refractivity contribution in [3.05, 3.63) is 65.0 Å². The number of halogens is 1. The summed E-state index contributed by atoms with van der Waals surface area (Å²) in [4.78, 5) is 0. The fraction of sp³-hybridized carbons (Fsp3) is 0.294. The summed E-state index contributed by atoms with van der Waals surface area (Å²) in [6.45, 7) is 4.37. The molecule has 1 unspecified atom stereocenters. The Morgan fingerprint density at radius 1 is 1.15 bits per heavy atom. The molecule has 1 atom stereocenters. The highest BCUT2D eigenvalue weighted by Gasteiger charge is 2.17. The molecule has 0 saturated carbocycles. The molecule has 20 heavy (non-hydrogen) atoms. The summed E-state index contributed by atoms with van der Waals surface area (Å²) in [7, 11) is 1.84. The van der Waals surface area contributed by atoms with Crippen LogP contribution in [0.3, 0.4) is 0 Å². The van der Waals surface area contributed by atoms with Gasteiger partial charge in [-0.15, -0.1) is 0 Å². The predicted octanol–water partition coefficient (Wildman–Crippen LogP) is 3.84. The molecule has 0 aliphatic heterocycles. The van der Waals surface area contributed by atoms with Crippen LogP contribution < -0.4 is 10.1 Å². The van der Waals surface area contributed by atoms with Gasteiger partial charge in [-0.3, -0.25) is 0 Å². The van der Waals surface area contributed by atoms with E-state index in [0.717, 1.165) is 11.3 Å². The van der Waals surface area contributed by atoms with Crippen molar-refractivity contribution in [3.8, 4) is 5.75 Å².